The number of rotatable bonds is 6. The van der Waals surface area contributed by atoms with E-state index in [0.29, 0.717) is 24.5 Å². The van der Waals surface area contributed by atoms with Gasteiger partial charge in [-0.3, -0.25) is 24.7 Å². The highest BCUT2D eigenvalue weighted by atomic mass is 35.5. The van der Waals surface area contributed by atoms with E-state index < -0.39 is 22.5 Å². The number of ether oxygens (including phenoxy) is 1. The first-order valence-corrected chi connectivity index (χ1v) is 10.4. The Kier molecular flexibility index (Phi) is 7.67. The van der Waals surface area contributed by atoms with E-state index in [1.165, 1.54) is 35.2 Å². The molecule has 4 rings (SSSR count). The minimum atomic E-state index is -0.798. The number of nitrogens with zero attached hydrogens (tertiary/aromatic N) is 4. The Labute approximate surface area is 192 Å². The fraction of sp³-hybridized carbons (Fsp3) is 0.300. The monoisotopic (exact) mass is 484 g/mol. The molecular weight excluding hydrogens is 466 g/mol. The number of thiazole rings is 1. The zero-order valence-electron chi connectivity index (χ0n) is 16.7. The zero-order valence-corrected chi connectivity index (χ0v) is 18.3. The number of fused-ring (bicyclic) bond motifs is 1. The van der Waals surface area contributed by atoms with Crippen LogP contribution in [-0.2, 0) is 4.74 Å². The van der Waals surface area contributed by atoms with Gasteiger partial charge in [-0.2, -0.15) is 0 Å². The summed E-state index contributed by atoms with van der Waals surface area (Å²) in [6.07, 6.45) is 0. The minimum Gasteiger partial charge on any atom is -0.379 e. The van der Waals surface area contributed by atoms with Gasteiger partial charge in [0.2, 0.25) is 0 Å². The number of aromatic nitrogens is 1. The third-order valence-corrected chi connectivity index (χ3v) is 5.97. The van der Waals surface area contributed by atoms with Gasteiger partial charge in [0.05, 0.1) is 22.8 Å². The molecule has 3 aromatic rings. The number of carbonyl (C=O) groups is 1. The molecule has 1 fully saturated rings. The molecule has 1 saturated heterocycles. The highest BCUT2D eigenvalue weighted by molar-refractivity contribution is 7.22. The summed E-state index contributed by atoms with van der Waals surface area (Å²) in [7, 11) is 0. The van der Waals surface area contributed by atoms with Gasteiger partial charge in [0.1, 0.15) is 11.3 Å². The van der Waals surface area contributed by atoms with Gasteiger partial charge < -0.3 is 4.74 Å². The van der Waals surface area contributed by atoms with Crippen molar-refractivity contribution in [3.05, 3.63) is 63.7 Å². The molecule has 0 aliphatic carbocycles. The lowest BCUT2D eigenvalue weighted by Crippen LogP contribution is -2.43. The Morgan fingerprint density at radius 2 is 1.91 bits per heavy atom. The van der Waals surface area contributed by atoms with Gasteiger partial charge >= 0.3 is 0 Å². The lowest BCUT2D eigenvalue weighted by molar-refractivity contribution is -0.384. The van der Waals surface area contributed by atoms with Crippen molar-refractivity contribution >= 4 is 50.7 Å². The fourth-order valence-corrected chi connectivity index (χ4v) is 4.32. The van der Waals surface area contributed by atoms with E-state index in [1.807, 2.05) is 0 Å². The third-order valence-electron chi connectivity index (χ3n) is 4.95. The molecule has 0 bridgehead atoms. The van der Waals surface area contributed by atoms with Crippen molar-refractivity contribution in [1.82, 2.24) is 9.88 Å². The summed E-state index contributed by atoms with van der Waals surface area (Å²) in [4.78, 5) is 31.4. The van der Waals surface area contributed by atoms with Gasteiger partial charge in [-0.25, -0.2) is 13.8 Å². The molecule has 32 heavy (non-hydrogen) atoms. The number of hydrogen-bond donors (Lipinski definition) is 0. The maximum Gasteiger partial charge on any atom is 0.269 e. The second kappa shape index (κ2) is 10.3. The zero-order chi connectivity index (χ0) is 22.0. The topological polar surface area (TPSA) is 88.8 Å². The van der Waals surface area contributed by atoms with E-state index >= 15 is 0 Å². The maximum atomic E-state index is 14.2. The van der Waals surface area contributed by atoms with Gasteiger partial charge in [0.25, 0.3) is 11.6 Å². The van der Waals surface area contributed by atoms with Crippen LogP contribution in [0.2, 0.25) is 0 Å². The van der Waals surface area contributed by atoms with Crippen LogP contribution in [0, 0.1) is 21.7 Å². The molecule has 2 heterocycles. The Morgan fingerprint density at radius 1 is 1.22 bits per heavy atom. The van der Waals surface area contributed by atoms with Gasteiger partial charge in [-0.05, 0) is 18.2 Å². The molecule has 1 amide bonds. The van der Waals surface area contributed by atoms with Crippen molar-refractivity contribution in [2.45, 2.75) is 0 Å². The number of hydrogen-bond acceptors (Lipinski definition) is 7. The second-order valence-electron chi connectivity index (χ2n) is 6.95. The Bertz CT molecular complexity index is 1120. The number of benzene rings is 2. The Morgan fingerprint density at radius 3 is 2.56 bits per heavy atom. The highest BCUT2D eigenvalue weighted by Crippen LogP contribution is 2.32. The standard InChI is InChI=1S/C20H18F2N4O4S.ClH/c21-14-11-16(22)18-17(12-14)31-20(23-18)25(6-5-24-7-9-30-10-8-24)19(27)13-1-3-15(4-2-13)26(28)29;/h1-4,11-12H,5-10H2;1H. The lowest BCUT2D eigenvalue weighted by atomic mass is 10.2. The number of amides is 1. The predicted octanol–water partition coefficient (Wildman–Crippen LogP) is 3.88. The summed E-state index contributed by atoms with van der Waals surface area (Å²) >= 11 is 1.01. The quantitative estimate of drug-likeness (QED) is 0.389. The summed E-state index contributed by atoms with van der Waals surface area (Å²) in [6, 6.07) is 7.17. The van der Waals surface area contributed by atoms with Crippen LogP contribution in [0.3, 0.4) is 0 Å². The number of nitro benzene ring substituents is 1. The number of non-ortho nitro benzene ring substituents is 1. The van der Waals surface area contributed by atoms with Crippen molar-refractivity contribution in [3.63, 3.8) is 0 Å². The Balaban J connectivity index is 0.00000289. The van der Waals surface area contributed by atoms with Crippen LogP contribution < -0.4 is 4.90 Å². The number of nitro groups is 1. The normalized spacial score (nSPS) is 14.2. The van der Waals surface area contributed by atoms with Crippen LogP contribution in [0.4, 0.5) is 19.6 Å². The van der Waals surface area contributed by atoms with Gasteiger partial charge in [0, 0.05) is 49.9 Å². The first-order valence-electron chi connectivity index (χ1n) is 9.54. The molecule has 0 unspecified atom stereocenters. The number of carbonyl (C=O) groups excluding carboxylic acids is 1. The molecule has 1 aliphatic heterocycles. The molecular formula is C20H19ClF2N4O4S. The first kappa shape index (κ1) is 23.9. The Hall–Kier alpha value is -2.73. The number of halogens is 3. The van der Waals surface area contributed by atoms with Crippen molar-refractivity contribution in [2.24, 2.45) is 0 Å². The van der Waals surface area contributed by atoms with Crippen molar-refractivity contribution in [3.8, 4) is 0 Å². The highest BCUT2D eigenvalue weighted by Gasteiger charge is 2.24. The molecule has 2 aromatic carbocycles. The van der Waals surface area contributed by atoms with Crippen LogP contribution >= 0.6 is 23.7 Å². The second-order valence-corrected chi connectivity index (χ2v) is 7.95. The molecule has 1 aliphatic rings. The molecule has 8 nitrogen and oxygen atoms in total. The number of morpholine rings is 1. The minimum absolute atomic E-state index is 0. The number of anilines is 1. The molecule has 0 spiro atoms. The summed E-state index contributed by atoms with van der Waals surface area (Å²) in [6.45, 7) is 3.44. The third kappa shape index (κ3) is 5.18. The van der Waals surface area contributed by atoms with Crippen LogP contribution in [0.15, 0.2) is 36.4 Å². The van der Waals surface area contributed by atoms with Crippen LogP contribution in [-0.4, -0.2) is 60.1 Å². The summed E-state index contributed by atoms with van der Waals surface area (Å²) in [5.74, 6) is -1.95. The van der Waals surface area contributed by atoms with Crippen LogP contribution in [0.5, 0.6) is 0 Å². The van der Waals surface area contributed by atoms with E-state index in [2.05, 4.69) is 9.88 Å². The van der Waals surface area contributed by atoms with E-state index in [9.17, 15) is 23.7 Å². The average molecular weight is 485 g/mol. The summed E-state index contributed by atoms with van der Waals surface area (Å²) in [5.41, 5.74) is 0.0988. The van der Waals surface area contributed by atoms with Crippen molar-refractivity contribution in [1.29, 1.82) is 0 Å². The lowest BCUT2D eigenvalue weighted by Gasteiger charge is -2.29. The molecule has 0 N–H and O–H groups in total. The van der Waals surface area contributed by atoms with Gasteiger partial charge in [-0.15, -0.1) is 12.4 Å². The smallest absolute Gasteiger partial charge is 0.269 e. The molecule has 1 aromatic heterocycles. The largest absolute Gasteiger partial charge is 0.379 e. The summed E-state index contributed by atoms with van der Waals surface area (Å²) < 4.78 is 33.4. The fourth-order valence-electron chi connectivity index (χ4n) is 3.29. The van der Waals surface area contributed by atoms with Crippen molar-refractivity contribution < 1.29 is 23.2 Å². The summed E-state index contributed by atoms with van der Waals surface area (Å²) in [5, 5.41) is 11.1. The van der Waals surface area contributed by atoms with E-state index in [-0.39, 0.29) is 40.9 Å². The van der Waals surface area contributed by atoms with Crippen LogP contribution in [0.25, 0.3) is 10.2 Å². The first-order chi connectivity index (χ1) is 14.9. The molecule has 0 atom stereocenters. The van der Waals surface area contributed by atoms with E-state index in [1.54, 1.807) is 0 Å². The molecule has 0 saturated carbocycles. The molecule has 12 heteroatoms. The molecule has 170 valence electrons. The van der Waals surface area contributed by atoms with Crippen LogP contribution in [0.1, 0.15) is 10.4 Å². The maximum absolute atomic E-state index is 14.2. The molecule has 0 radical (unpaired) electrons. The van der Waals surface area contributed by atoms with Gasteiger partial charge in [-0.1, -0.05) is 11.3 Å². The van der Waals surface area contributed by atoms with Gasteiger partial charge in [0.15, 0.2) is 10.9 Å². The average Bonchev–Trinajstić information content (AvgIpc) is 3.18. The SMILES string of the molecule is Cl.O=C(c1ccc([N+](=O)[O-])cc1)N(CCN1CCOCC1)c1nc2c(F)cc(F)cc2s1. The van der Waals surface area contributed by atoms with E-state index in [0.717, 1.165) is 30.5 Å². The van der Waals surface area contributed by atoms with Crippen molar-refractivity contribution in [2.75, 3.05) is 44.3 Å². The predicted molar refractivity (Wildman–Crippen MR) is 119 cm³/mol. The van der Waals surface area contributed by atoms with E-state index in [4.69, 9.17) is 4.74 Å².